The number of benzene rings is 2. The third kappa shape index (κ3) is 7.74. The van der Waals surface area contributed by atoms with Crippen LogP contribution in [0, 0.1) is 0 Å². The van der Waals surface area contributed by atoms with Gasteiger partial charge in [0.25, 0.3) is 0 Å². The molecule has 0 aliphatic carbocycles. The highest BCUT2D eigenvalue weighted by Gasteiger charge is 2.00. The maximum absolute atomic E-state index is 4.24. The summed E-state index contributed by atoms with van der Waals surface area (Å²) in [7, 11) is 0. The van der Waals surface area contributed by atoms with Crippen LogP contribution < -0.4 is 0 Å². The van der Waals surface area contributed by atoms with Crippen LogP contribution in [0.3, 0.4) is 0 Å². The lowest BCUT2D eigenvalue weighted by atomic mass is 10.2. The molecular formula is C18H22S5. The highest BCUT2D eigenvalue weighted by molar-refractivity contribution is 7.99. The Morgan fingerprint density at radius 1 is 0.609 bits per heavy atom. The molecule has 2 rings (SSSR count). The van der Waals surface area contributed by atoms with Gasteiger partial charge in [0.05, 0.1) is 0 Å². The second-order valence-electron chi connectivity index (χ2n) is 4.94. The summed E-state index contributed by atoms with van der Waals surface area (Å²) >= 11 is 14.2. The van der Waals surface area contributed by atoms with Crippen molar-refractivity contribution in [3.8, 4) is 0 Å². The van der Waals surface area contributed by atoms with E-state index in [1.165, 1.54) is 20.9 Å². The molecular weight excluding hydrogens is 377 g/mol. The van der Waals surface area contributed by atoms with E-state index in [1.807, 2.05) is 35.3 Å². The molecule has 0 aromatic heterocycles. The molecule has 2 aromatic rings. The van der Waals surface area contributed by atoms with Gasteiger partial charge >= 0.3 is 0 Å². The predicted molar refractivity (Wildman–Crippen MR) is 117 cm³/mol. The number of thioether (sulfide) groups is 2. The van der Waals surface area contributed by atoms with Crippen LogP contribution in [0.4, 0.5) is 0 Å². The minimum absolute atomic E-state index is 0.946. The smallest absolute Gasteiger partial charge is 0.0184 e. The second-order valence-corrected chi connectivity index (χ2v) is 9.19. The monoisotopic (exact) mass is 398 g/mol. The van der Waals surface area contributed by atoms with E-state index in [4.69, 9.17) is 0 Å². The first kappa shape index (κ1) is 19.5. The maximum atomic E-state index is 4.24. The van der Waals surface area contributed by atoms with Gasteiger partial charge in [0.2, 0.25) is 0 Å². The van der Waals surface area contributed by atoms with Crippen LogP contribution in [0.1, 0.15) is 11.1 Å². The SMILES string of the molecule is SCCSCc1ccc(Sc2ccc(CSCCS)cc2)cc1. The molecule has 2 aromatic carbocycles. The van der Waals surface area contributed by atoms with Crippen LogP contribution in [0.2, 0.25) is 0 Å². The Labute approximate surface area is 163 Å². The number of thiol groups is 2. The largest absolute Gasteiger partial charge is 0.179 e. The van der Waals surface area contributed by atoms with Gasteiger partial charge in [-0.05, 0) is 46.9 Å². The summed E-state index contributed by atoms with van der Waals surface area (Å²) in [6, 6.07) is 17.8. The Kier molecular flexibility index (Phi) is 9.92. The third-order valence-electron chi connectivity index (χ3n) is 3.09. The molecule has 0 spiro atoms. The summed E-state index contributed by atoms with van der Waals surface area (Å²) in [5, 5.41) is 0. The normalized spacial score (nSPS) is 10.9. The molecule has 0 aliphatic rings. The summed E-state index contributed by atoms with van der Waals surface area (Å²) in [5.74, 6) is 6.26. The Balaban J connectivity index is 1.84. The van der Waals surface area contributed by atoms with Crippen LogP contribution in [0.25, 0.3) is 0 Å². The van der Waals surface area contributed by atoms with Gasteiger partial charge < -0.3 is 0 Å². The van der Waals surface area contributed by atoms with E-state index < -0.39 is 0 Å². The van der Waals surface area contributed by atoms with Crippen LogP contribution in [0.5, 0.6) is 0 Å². The maximum Gasteiger partial charge on any atom is 0.0184 e. The van der Waals surface area contributed by atoms with Crippen molar-refractivity contribution in [2.75, 3.05) is 23.0 Å². The molecule has 0 atom stereocenters. The quantitative estimate of drug-likeness (QED) is 0.363. The first-order valence-corrected chi connectivity index (χ1v) is 11.9. The van der Waals surface area contributed by atoms with E-state index >= 15 is 0 Å². The molecule has 0 bridgehead atoms. The average Bonchev–Trinajstić information content (AvgIpc) is 2.58. The number of hydrogen-bond acceptors (Lipinski definition) is 5. The Morgan fingerprint density at radius 3 is 1.35 bits per heavy atom. The molecule has 124 valence electrons. The summed E-state index contributed by atoms with van der Waals surface area (Å²) in [5.41, 5.74) is 2.77. The summed E-state index contributed by atoms with van der Waals surface area (Å²) < 4.78 is 0. The average molecular weight is 399 g/mol. The van der Waals surface area contributed by atoms with Crippen molar-refractivity contribution in [1.82, 2.24) is 0 Å². The highest BCUT2D eigenvalue weighted by atomic mass is 32.2. The van der Waals surface area contributed by atoms with Crippen LogP contribution >= 0.6 is 60.5 Å². The van der Waals surface area contributed by atoms with Crippen LogP contribution in [-0.2, 0) is 11.5 Å². The first-order valence-electron chi connectivity index (χ1n) is 7.55. The van der Waals surface area contributed by atoms with Gasteiger partial charge in [-0.3, -0.25) is 0 Å². The Hall–Kier alpha value is 0.190. The summed E-state index contributed by atoms with van der Waals surface area (Å²) in [6.07, 6.45) is 0. The van der Waals surface area contributed by atoms with E-state index in [-0.39, 0.29) is 0 Å². The van der Waals surface area contributed by atoms with E-state index in [2.05, 4.69) is 73.8 Å². The van der Waals surface area contributed by atoms with Gasteiger partial charge in [0, 0.05) is 32.8 Å². The van der Waals surface area contributed by atoms with Crippen molar-refractivity contribution < 1.29 is 0 Å². The standard InChI is InChI=1S/C18H22S5/c19-9-11-21-13-15-1-5-17(6-2-15)23-18-7-3-16(4-8-18)14-22-12-10-20/h1-8,19-20H,9-14H2. The van der Waals surface area contributed by atoms with Gasteiger partial charge in [-0.1, -0.05) is 36.0 Å². The van der Waals surface area contributed by atoms with Crippen molar-refractivity contribution in [2.45, 2.75) is 21.3 Å². The van der Waals surface area contributed by atoms with Gasteiger partial charge in [0.15, 0.2) is 0 Å². The lowest BCUT2D eigenvalue weighted by molar-refractivity contribution is 1.32. The lowest BCUT2D eigenvalue weighted by Crippen LogP contribution is -1.85. The zero-order valence-corrected chi connectivity index (χ0v) is 17.2. The third-order valence-corrected chi connectivity index (χ3v) is 7.22. The molecule has 0 saturated carbocycles. The van der Waals surface area contributed by atoms with Gasteiger partial charge in [-0.25, -0.2) is 0 Å². The molecule has 0 unspecified atom stereocenters. The fourth-order valence-electron chi connectivity index (χ4n) is 1.95. The highest BCUT2D eigenvalue weighted by Crippen LogP contribution is 2.29. The molecule has 0 aliphatic heterocycles. The van der Waals surface area contributed by atoms with Crippen molar-refractivity contribution >= 4 is 60.5 Å². The summed E-state index contributed by atoms with van der Waals surface area (Å²) in [4.78, 5) is 2.59. The topological polar surface area (TPSA) is 0 Å². The molecule has 0 N–H and O–H groups in total. The molecule has 0 amide bonds. The zero-order valence-electron chi connectivity index (χ0n) is 13.0. The van der Waals surface area contributed by atoms with Gasteiger partial charge in [-0.15, -0.1) is 0 Å². The van der Waals surface area contributed by atoms with E-state index in [1.54, 1.807) is 0 Å². The van der Waals surface area contributed by atoms with Gasteiger partial charge in [0.1, 0.15) is 0 Å². The van der Waals surface area contributed by atoms with E-state index in [0.29, 0.717) is 0 Å². The Morgan fingerprint density at radius 2 is 1.00 bits per heavy atom. The predicted octanol–water partition coefficient (Wildman–Crippen LogP) is 6.16. The molecule has 23 heavy (non-hydrogen) atoms. The molecule has 0 nitrogen and oxygen atoms in total. The molecule has 0 heterocycles. The molecule has 0 saturated heterocycles. The second kappa shape index (κ2) is 11.7. The zero-order chi connectivity index (χ0) is 16.3. The minimum Gasteiger partial charge on any atom is -0.179 e. The van der Waals surface area contributed by atoms with E-state index in [9.17, 15) is 0 Å². The van der Waals surface area contributed by atoms with Crippen LogP contribution in [-0.4, -0.2) is 23.0 Å². The molecule has 0 radical (unpaired) electrons. The first-order chi connectivity index (χ1) is 11.3. The van der Waals surface area contributed by atoms with Crippen molar-refractivity contribution in [3.05, 3.63) is 59.7 Å². The lowest BCUT2D eigenvalue weighted by Gasteiger charge is -2.06. The van der Waals surface area contributed by atoms with Crippen molar-refractivity contribution in [2.24, 2.45) is 0 Å². The van der Waals surface area contributed by atoms with Crippen LogP contribution in [0.15, 0.2) is 58.3 Å². The summed E-state index contributed by atoms with van der Waals surface area (Å²) in [6.45, 7) is 0. The fraction of sp³-hybridized carbons (Fsp3) is 0.333. The van der Waals surface area contributed by atoms with Crippen molar-refractivity contribution in [3.63, 3.8) is 0 Å². The Bertz CT molecular complexity index is 499. The number of hydrogen-bond donors (Lipinski definition) is 2. The van der Waals surface area contributed by atoms with Crippen molar-refractivity contribution in [1.29, 1.82) is 0 Å². The number of rotatable bonds is 10. The van der Waals surface area contributed by atoms with Gasteiger partial charge in [-0.2, -0.15) is 48.8 Å². The van der Waals surface area contributed by atoms with E-state index in [0.717, 1.165) is 34.5 Å². The fourth-order valence-corrected chi connectivity index (χ4v) is 4.95. The molecule has 0 fully saturated rings. The minimum atomic E-state index is 0.946. The molecule has 5 heteroatoms.